The zero-order valence-corrected chi connectivity index (χ0v) is 13.5. The molecular formula is C19H16F2N2O2. The maximum absolute atomic E-state index is 14.4. The zero-order valence-electron chi connectivity index (χ0n) is 13.5. The summed E-state index contributed by atoms with van der Waals surface area (Å²) in [6.45, 7) is 0. The number of esters is 1. The lowest BCUT2D eigenvalue weighted by Crippen LogP contribution is -2.45. The van der Waals surface area contributed by atoms with Gasteiger partial charge < -0.3 is 9.72 Å². The third-order valence-electron chi connectivity index (χ3n) is 4.69. The van der Waals surface area contributed by atoms with Crippen LogP contribution < -0.4 is 5.32 Å². The first-order valence-corrected chi connectivity index (χ1v) is 7.97. The van der Waals surface area contributed by atoms with Crippen molar-refractivity contribution in [2.24, 2.45) is 0 Å². The quantitative estimate of drug-likeness (QED) is 0.703. The predicted molar refractivity (Wildman–Crippen MR) is 89.1 cm³/mol. The molecule has 0 bridgehead atoms. The number of carbonyl (C=O) groups excluding carboxylic acids is 1. The van der Waals surface area contributed by atoms with Crippen molar-refractivity contribution in [2.45, 2.75) is 18.5 Å². The van der Waals surface area contributed by atoms with E-state index in [9.17, 15) is 13.6 Å². The summed E-state index contributed by atoms with van der Waals surface area (Å²) in [5.41, 5.74) is 2.70. The topological polar surface area (TPSA) is 54.1 Å². The van der Waals surface area contributed by atoms with Gasteiger partial charge in [-0.3, -0.25) is 10.1 Å². The highest BCUT2D eigenvalue weighted by molar-refractivity contribution is 5.87. The van der Waals surface area contributed by atoms with E-state index in [0.29, 0.717) is 6.42 Å². The second-order valence-corrected chi connectivity index (χ2v) is 6.09. The molecule has 2 heterocycles. The molecule has 2 N–H and O–H groups in total. The Morgan fingerprint density at radius 3 is 2.76 bits per heavy atom. The van der Waals surface area contributed by atoms with Crippen LogP contribution in [0.3, 0.4) is 0 Å². The first kappa shape index (κ1) is 15.8. The third kappa shape index (κ3) is 2.49. The molecule has 0 saturated carbocycles. The van der Waals surface area contributed by atoms with Gasteiger partial charge in [-0.15, -0.1) is 0 Å². The summed E-state index contributed by atoms with van der Waals surface area (Å²) < 4.78 is 33.0. The van der Waals surface area contributed by atoms with E-state index in [0.717, 1.165) is 28.2 Å². The van der Waals surface area contributed by atoms with E-state index in [-0.39, 0.29) is 5.56 Å². The van der Waals surface area contributed by atoms with Crippen LogP contribution in [0.15, 0.2) is 42.5 Å². The molecular weight excluding hydrogens is 326 g/mol. The van der Waals surface area contributed by atoms with Gasteiger partial charge in [-0.25, -0.2) is 8.78 Å². The van der Waals surface area contributed by atoms with Gasteiger partial charge in [0, 0.05) is 28.6 Å². The number of hydrogen-bond donors (Lipinski definition) is 2. The molecule has 2 atom stereocenters. The van der Waals surface area contributed by atoms with Gasteiger partial charge in [0.05, 0.1) is 13.2 Å². The van der Waals surface area contributed by atoms with E-state index in [1.165, 1.54) is 19.2 Å². The highest BCUT2D eigenvalue weighted by Gasteiger charge is 2.35. The van der Waals surface area contributed by atoms with E-state index in [4.69, 9.17) is 4.74 Å². The smallest absolute Gasteiger partial charge is 0.323 e. The van der Waals surface area contributed by atoms with Crippen LogP contribution >= 0.6 is 0 Å². The highest BCUT2D eigenvalue weighted by Crippen LogP contribution is 2.36. The number of H-pyrrole nitrogens is 1. The molecule has 6 heteroatoms. The fourth-order valence-corrected chi connectivity index (χ4v) is 3.52. The average Bonchev–Trinajstić information content (AvgIpc) is 3.01. The first-order valence-electron chi connectivity index (χ1n) is 7.97. The molecule has 0 radical (unpaired) electrons. The van der Waals surface area contributed by atoms with E-state index in [1.807, 2.05) is 24.3 Å². The number of methoxy groups -OCH3 is 1. The van der Waals surface area contributed by atoms with Gasteiger partial charge >= 0.3 is 5.97 Å². The van der Waals surface area contributed by atoms with E-state index in [1.54, 1.807) is 0 Å². The number of fused-ring (bicyclic) bond motifs is 3. The van der Waals surface area contributed by atoms with Crippen LogP contribution in [0.2, 0.25) is 0 Å². The van der Waals surface area contributed by atoms with Crippen LogP contribution in [0.1, 0.15) is 22.9 Å². The minimum absolute atomic E-state index is 0.154. The molecule has 2 aromatic carbocycles. The number of aromatic amines is 1. The lowest BCUT2D eigenvalue weighted by molar-refractivity contribution is -0.143. The summed E-state index contributed by atoms with van der Waals surface area (Å²) in [4.78, 5) is 15.4. The second kappa shape index (κ2) is 5.97. The Balaban J connectivity index is 1.92. The molecule has 3 aromatic rings. The minimum Gasteiger partial charge on any atom is -0.468 e. The molecule has 1 aromatic heterocycles. The maximum atomic E-state index is 14.4. The Morgan fingerprint density at radius 2 is 1.96 bits per heavy atom. The standard InChI is InChI=1S/C19H16F2N2O2/c1-25-19(24)15-9-12-10-5-2-3-8-14(10)22-18(12)17(23-15)11-6-4-7-13(20)16(11)21/h2-8,15,17,22-23H,9H2,1H3/t15-,17-/m0/s1. The van der Waals surface area contributed by atoms with Crippen molar-refractivity contribution in [3.8, 4) is 0 Å². The summed E-state index contributed by atoms with van der Waals surface area (Å²) >= 11 is 0. The van der Waals surface area contributed by atoms with E-state index in [2.05, 4.69) is 10.3 Å². The average molecular weight is 342 g/mol. The van der Waals surface area contributed by atoms with Gasteiger partial charge in [-0.1, -0.05) is 30.3 Å². The second-order valence-electron chi connectivity index (χ2n) is 6.09. The van der Waals surface area contributed by atoms with Crippen molar-refractivity contribution < 1.29 is 18.3 Å². The third-order valence-corrected chi connectivity index (χ3v) is 4.69. The number of carbonyl (C=O) groups is 1. The predicted octanol–water partition coefficient (Wildman–Crippen LogP) is 3.22. The van der Waals surface area contributed by atoms with Gasteiger partial charge in [0.15, 0.2) is 11.6 Å². The molecule has 0 spiro atoms. The van der Waals surface area contributed by atoms with Crippen molar-refractivity contribution >= 4 is 16.9 Å². The number of nitrogens with one attached hydrogen (secondary N) is 2. The van der Waals surface area contributed by atoms with Crippen molar-refractivity contribution in [3.63, 3.8) is 0 Å². The van der Waals surface area contributed by atoms with Crippen molar-refractivity contribution in [3.05, 3.63) is 70.9 Å². The monoisotopic (exact) mass is 342 g/mol. The molecule has 1 aliphatic rings. The van der Waals surface area contributed by atoms with Crippen LogP contribution in [0, 0.1) is 11.6 Å². The Kier molecular flexibility index (Phi) is 3.77. The van der Waals surface area contributed by atoms with Gasteiger partial charge in [0.1, 0.15) is 6.04 Å². The number of para-hydroxylation sites is 1. The lowest BCUT2D eigenvalue weighted by atomic mass is 9.90. The SMILES string of the molecule is COC(=O)[C@@H]1Cc2c([nH]c3ccccc23)[C@H](c2cccc(F)c2F)N1. The number of benzene rings is 2. The number of aromatic nitrogens is 1. The molecule has 4 rings (SSSR count). The molecule has 1 aliphatic heterocycles. The lowest BCUT2D eigenvalue weighted by Gasteiger charge is -2.30. The number of hydrogen-bond acceptors (Lipinski definition) is 3. The number of rotatable bonds is 2. The van der Waals surface area contributed by atoms with Gasteiger partial charge in [-0.05, 0) is 17.7 Å². The Bertz CT molecular complexity index is 967. The first-order chi connectivity index (χ1) is 12.1. The molecule has 128 valence electrons. The largest absolute Gasteiger partial charge is 0.468 e. The van der Waals surface area contributed by atoms with Crippen LogP contribution in [-0.4, -0.2) is 24.1 Å². The van der Waals surface area contributed by atoms with Gasteiger partial charge in [0.25, 0.3) is 0 Å². The molecule has 25 heavy (non-hydrogen) atoms. The summed E-state index contributed by atoms with van der Waals surface area (Å²) in [5.74, 6) is -2.27. The van der Waals surface area contributed by atoms with Crippen LogP contribution in [0.25, 0.3) is 10.9 Å². The Labute approximate surface area is 142 Å². The van der Waals surface area contributed by atoms with Crippen molar-refractivity contribution in [2.75, 3.05) is 7.11 Å². The molecule has 0 saturated heterocycles. The summed E-state index contributed by atoms with van der Waals surface area (Å²) in [5, 5.41) is 4.06. The molecule has 4 nitrogen and oxygen atoms in total. The number of ether oxygens (including phenoxy) is 1. The summed E-state index contributed by atoms with van der Waals surface area (Å²) in [6, 6.07) is 10.4. The van der Waals surface area contributed by atoms with E-state index >= 15 is 0 Å². The molecule has 0 aliphatic carbocycles. The fraction of sp³-hybridized carbons (Fsp3) is 0.211. The maximum Gasteiger partial charge on any atom is 0.323 e. The normalized spacial score (nSPS) is 19.6. The number of halogens is 2. The molecule has 0 unspecified atom stereocenters. The summed E-state index contributed by atoms with van der Waals surface area (Å²) in [6.07, 6.45) is 0.416. The zero-order chi connectivity index (χ0) is 17.6. The minimum atomic E-state index is -0.921. The Morgan fingerprint density at radius 1 is 1.16 bits per heavy atom. The van der Waals surface area contributed by atoms with Crippen LogP contribution in [0.5, 0.6) is 0 Å². The molecule has 0 fully saturated rings. The van der Waals surface area contributed by atoms with Crippen LogP contribution in [0.4, 0.5) is 8.78 Å². The Hall–Kier alpha value is -2.73. The van der Waals surface area contributed by atoms with Crippen molar-refractivity contribution in [1.29, 1.82) is 0 Å². The van der Waals surface area contributed by atoms with Crippen LogP contribution in [-0.2, 0) is 16.0 Å². The summed E-state index contributed by atoms with van der Waals surface area (Å²) in [7, 11) is 1.31. The van der Waals surface area contributed by atoms with Gasteiger partial charge in [-0.2, -0.15) is 0 Å². The fourth-order valence-electron chi connectivity index (χ4n) is 3.52. The highest BCUT2D eigenvalue weighted by atomic mass is 19.2. The van der Waals surface area contributed by atoms with Gasteiger partial charge in [0.2, 0.25) is 0 Å². The van der Waals surface area contributed by atoms with E-state index < -0.39 is 29.7 Å². The molecule has 0 amide bonds. The van der Waals surface area contributed by atoms with Crippen molar-refractivity contribution in [1.82, 2.24) is 10.3 Å².